The molecule has 1 fully saturated rings. The number of aromatic nitrogens is 1. The monoisotopic (exact) mass is 300 g/mol. The molecule has 116 valence electrons. The Balaban J connectivity index is 1.92. The highest BCUT2D eigenvalue weighted by Crippen LogP contribution is 2.44. The maximum Gasteiger partial charge on any atom is 0.335 e. The van der Waals surface area contributed by atoms with Crippen molar-refractivity contribution in [1.29, 1.82) is 0 Å². The van der Waals surface area contributed by atoms with E-state index in [9.17, 15) is 9.59 Å². The quantitative estimate of drug-likeness (QED) is 0.853. The van der Waals surface area contributed by atoms with E-state index in [2.05, 4.69) is 10.3 Å². The minimum absolute atomic E-state index is 0.271. The summed E-state index contributed by atoms with van der Waals surface area (Å²) in [5, 5.41) is 2.83. The molecule has 0 unspecified atom stereocenters. The summed E-state index contributed by atoms with van der Waals surface area (Å²) in [7, 11) is 0. The minimum Gasteiger partial charge on any atom is -0.451 e. The fraction of sp³-hybridized carbons (Fsp3) is 0.471. The van der Waals surface area contributed by atoms with Crippen LogP contribution in [0.2, 0.25) is 0 Å². The van der Waals surface area contributed by atoms with Gasteiger partial charge in [-0.2, -0.15) is 0 Å². The lowest BCUT2D eigenvalue weighted by Crippen LogP contribution is -2.39. The molecule has 5 heteroatoms. The third kappa shape index (κ3) is 2.40. The van der Waals surface area contributed by atoms with E-state index >= 15 is 0 Å². The number of amides is 1. The highest BCUT2D eigenvalue weighted by atomic mass is 16.6. The number of pyridine rings is 1. The number of nitrogens with one attached hydrogen (secondary N) is 1. The van der Waals surface area contributed by atoms with Crippen LogP contribution in [-0.4, -0.2) is 22.5 Å². The molecule has 0 aromatic carbocycles. The van der Waals surface area contributed by atoms with Crippen molar-refractivity contribution < 1.29 is 14.3 Å². The molecule has 1 aromatic heterocycles. The van der Waals surface area contributed by atoms with Crippen LogP contribution in [0.1, 0.15) is 44.6 Å². The average Bonchev–Trinajstić information content (AvgIpc) is 2.73. The van der Waals surface area contributed by atoms with E-state index in [-0.39, 0.29) is 11.9 Å². The molecule has 1 aromatic rings. The number of hydrogen-bond donors (Lipinski definition) is 1. The standard InChI is InChI=1S/C17H20N2O3/c1-11-7-6-10-18-14(11)19-15(20)13-12(2)16(21)22-17(13)8-4-3-5-9-17/h6-7,10H,3-5,8-9H2,1-2H3,(H,18,19,20). The summed E-state index contributed by atoms with van der Waals surface area (Å²) in [6.45, 7) is 3.56. The number of carbonyl (C=O) groups excluding carboxylic acids is 2. The molecule has 3 rings (SSSR count). The van der Waals surface area contributed by atoms with Crippen LogP contribution < -0.4 is 5.32 Å². The molecule has 0 bridgehead atoms. The molecule has 1 aliphatic carbocycles. The Hall–Kier alpha value is -2.17. The van der Waals surface area contributed by atoms with E-state index in [0.29, 0.717) is 17.0 Å². The zero-order chi connectivity index (χ0) is 15.7. The van der Waals surface area contributed by atoms with Crippen LogP contribution in [0.4, 0.5) is 5.82 Å². The molecule has 1 spiro atoms. The highest BCUT2D eigenvalue weighted by molar-refractivity contribution is 6.12. The van der Waals surface area contributed by atoms with Gasteiger partial charge < -0.3 is 10.1 Å². The van der Waals surface area contributed by atoms with Gasteiger partial charge in [-0.05, 0) is 51.2 Å². The Morgan fingerprint density at radius 2 is 2.00 bits per heavy atom. The van der Waals surface area contributed by atoms with Gasteiger partial charge in [0.25, 0.3) is 5.91 Å². The Morgan fingerprint density at radius 1 is 1.27 bits per heavy atom. The molecular weight excluding hydrogens is 280 g/mol. The van der Waals surface area contributed by atoms with Gasteiger partial charge in [0.2, 0.25) is 0 Å². The van der Waals surface area contributed by atoms with Crippen molar-refractivity contribution in [3.05, 3.63) is 35.0 Å². The third-order valence-corrected chi connectivity index (χ3v) is 4.55. The molecule has 22 heavy (non-hydrogen) atoms. The predicted octanol–water partition coefficient (Wildman–Crippen LogP) is 2.90. The summed E-state index contributed by atoms with van der Waals surface area (Å²) in [5.74, 6) is -0.116. The summed E-state index contributed by atoms with van der Waals surface area (Å²) in [6, 6.07) is 3.71. The zero-order valence-electron chi connectivity index (χ0n) is 12.9. The SMILES string of the molecule is CC1=C(C(=O)Nc2ncccc2C)C2(CCCCC2)OC1=O. The Bertz CT molecular complexity index is 658. The van der Waals surface area contributed by atoms with Gasteiger partial charge in [-0.1, -0.05) is 12.5 Å². The minimum atomic E-state index is -0.730. The Labute approximate surface area is 129 Å². The van der Waals surface area contributed by atoms with Crippen molar-refractivity contribution in [2.75, 3.05) is 5.32 Å². The van der Waals surface area contributed by atoms with Gasteiger partial charge in [-0.15, -0.1) is 0 Å². The van der Waals surface area contributed by atoms with E-state index in [1.54, 1.807) is 13.1 Å². The van der Waals surface area contributed by atoms with Crippen molar-refractivity contribution >= 4 is 17.7 Å². The van der Waals surface area contributed by atoms with Gasteiger partial charge in [0.1, 0.15) is 11.4 Å². The molecule has 0 atom stereocenters. The topological polar surface area (TPSA) is 68.3 Å². The number of aryl methyl sites for hydroxylation is 1. The number of hydrogen-bond acceptors (Lipinski definition) is 4. The number of nitrogens with zero attached hydrogens (tertiary/aromatic N) is 1. The molecule has 1 N–H and O–H groups in total. The summed E-state index contributed by atoms with van der Waals surface area (Å²) < 4.78 is 5.61. The second kappa shape index (κ2) is 5.55. The largest absolute Gasteiger partial charge is 0.451 e. The van der Waals surface area contributed by atoms with E-state index in [1.807, 2.05) is 19.1 Å². The average molecular weight is 300 g/mol. The summed E-state index contributed by atoms with van der Waals surface area (Å²) in [4.78, 5) is 28.9. The van der Waals surface area contributed by atoms with Crippen LogP contribution in [0, 0.1) is 6.92 Å². The third-order valence-electron chi connectivity index (χ3n) is 4.55. The second-order valence-corrected chi connectivity index (χ2v) is 6.07. The Kier molecular flexibility index (Phi) is 3.72. The molecule has 5 nitrogen and oxygen atoms in total. The number of esters is 1. The van der Waals surface area contributed by atoms with Crippen LogP contribution in [0.25, 0.3) is 0 Å². The number of rotatable bonds is 2. The first-order valence-electron chi connectivity index (χ1n) is 7.71. The lowest BCUT2D eigenvalue weighted by Gasteiger charge is -2.33. The van der Waals surface area contributed by atoms with E-state index in [0.717, 1.165) is 37.7 Å². The number of anilines is 1. The van der Waals surface area contributed by atoms with Crippen molar-refractivity contribution in [2.45, 2.75) is 51.6 Å². The lowest BCUT2D eigenvalue weighted by molar-refractivity contribution is -0.149. The van der Waals surface area contributed by atoms with Crippen molar-refractivity contribution in [2.24, 2.45) is 0 Å². The summed E-state index contributed by atoms with van der Waals surface area (Å²) in [6.07, 6.45) is 6.14. The van der Waals surface area contributed by atoms with Crippen LogP contribution in [0.5, 0.6) is 0 Å². The molecular formula is C17H20N2O3. The summed E-state index contributed by atoms with van der Waals surface area (Å²) in [5.41, 5.74) is 1.07. The van der Waals surface area contributed by atoms with E-state index in [4.69, 9.17) is 4.74 Å². The predicted molar refractivity (Wildman–Crippen MR) is 82.2 cm³/mol. The summed E-state index contributed by atoms with van der Waals surface area (Å²) >= 11 is 0. The van der Waals surface area contributed by atoms with Crippen molar-refractivity contribution in [1.82, 2.24) is 4.98 Å². The maximum atomic E-state index is 12.8. The second-order valence-electron chi connectivity index (χ2n) is 6.07. The maximum absolute atomic E-state index is 12.8. The molecule has 1 saturated carbocycles. The lowest BCUT2D eigenvalue weighted by atomic mass is 9.78. The first kappa shape index (κ1) is 14.8. The molecule has 0 saturated heterocycles. The van der Waals surface area contributed by atoms with E-state index in [1.165, 1.54) is 0 Å². The van der Waals surface area contributed by atoms with Crippen LogP contribution in [-0.2, 0) is 14.3 Å². The number of carbonyl (C=O) groups is 2. The smallest absolute Gasteiger partial charge is 0.335 e. The Morgan fingerprint density at radius 3 is 2.68 bits per heavy atom. The molecule has 1 amide bonds. The van der Waals surface area contributed by atoms with Crippen LogP contribution >= 0.6 is 0 Å². The number of ether oxygens (including phenoxy) is 1. The first-order valence-corrected chi connectivity index (χ1v) is 7.71. The van der Waals surface area contributed by atoms with Gasteiger partial charge in [-0.3, -0.25) is 4.79 Å². The van der Waals surface area contributed by atoms with Gasteiger partial charge in [0.05, 0.1) is 5.57 Å². The van der Waals surface area contributed by atoms with Gasteiger partial charge in [0.15, 0.2) is 0 Å². The van der Waals surface area contributed by atoms with E-state index < -0.39 is 5.60 Å². The highest BCUT2D eigenvalue weighted by Gasteiger charge is 2.49. The molecule has 1 aliphatic heterocycles. The molecule has 2 aliphatic rings. The van der Waals surface area contributed by atoms with Crippen molar-refractivity contribution in [3.63, 3.8) is 0 Å². The molecule has 0 radical (unpaired) electrons. The fourth-order valence-corrected chi connectivity index (χ4v) is 3.39. The van der Waals surface area contributed by atoms with Crippen LogP contribution in [0.3, 0.4) is 0 Å². The van der Waals surface area contributed by atoms with Crippen LogP contribution in [0.15, 0.2) is 29.5 Å². The van der Waals surface area contributed by atoms with Gasteiger partial charge in [0, 0.05) is 11.8 Å². The zero-order valence-corrected chi connectivity index (χ0v) is 12.9. The van der Waals surface area contributed by atoms with Gasteiger partial charge in [-0.25, -0.2) is 9.78 Å². The van der Waals surface area contributed by atoms with Gasteiger partial charge >= 0.3 is 5.97 Å². The first-order chi connectivity index (χ1) is 10.5. The normalized spacial score (nSPS) is 20.2. The molecule has 2 heterocycles. The van der Waals surface area contributed by atoms with Crippen molar-refractivity contribution in [3.8, 4) is 0 Å². The fourth-order valence-electron chi connectivity index (χ4n) is 3.39.